The van der Waals surface area contributed by atoms with E-state index in [1.165, 1.54) is 18.3 Å². The maximum atomic E-state index is 12.9. The van der Waals surface area contributed by atoms with E-state index in [-0.39, 0.29) is 11.7 Å². The average molecular weight is 392 g/mol. The van der Waals surface area contributed by atoms with Gasteiger partial charge in [-0.1, -0.05) is 30.3 Å². The van der Waals surface area contributed by atoms with Crippen molar-refractivity contribution in [1.82, 2.24) is 5.43 Å². The maximum absolute atomic E-state index is 12.9. The van der Waals surface area contributed by atoms with Gasteiger partial charge in [0.1, 0.15) is 23.9 Å². The number of hydrogen-bond donors (Lipinski definition) is 1. The molecule has 0 saturated heterocycles. The Morgan fingerprint density at radius 1 is 1.00 bits per heavy atom. The minimum absolute atomic E-state index is 0.273. The summed E-state index contributed by atoms with van der Waals surface area (Å²) in [5, 5.41) is 3.95. The molecule has 0 spiro atoms. The number of hydrazone groups is 1. The molecule has 3 aromatic rings. The molecule has 6 heteroatoms. The SMILES string of the molecule is C[C@H](Oc1ccccc1)C(=O)N/N=C\c1ccc(OCc2ccc(F)cc2)cc1. The third-order valence-electron chi connectivity index (χ3n) is 4.01. The van der Waals surface area contributed by atoms with Crippen LogP contribution in [-0.2, 0) is 11.4 Å². The van der Waals surface area contributed by atoms with Gasteiger partial charge in [-0.15, -0.1) is 0 Å². The number of carbonyl (C=O) groups is 1. The predicted octanol–water partition coefficient (Wildman–Crippen LogP) is 4.32. The number of benzene rings is 3. The van der Waals surface area contributed by atoms with Crippen LogP contribution in [0.25, 0.3) is 0 Å². The number of carbonyl (C=O) groups excluding carboxylic acids is 1. The van der Waals surface area contributed by atoms with E-state index >= 15 is 0 Å². The molecule has 0 aliphatic rings. The topological polar surface area (TPSA) is 59.9 Å². The van der Waals surface area contributed by atoms with Gasteiger partial charge < -0.3 is 9.47 Å². The number of para-hydroxylation sites is 1. The molecular weight excluding hydrogens is 371 g/mol. The zero-order valence-corrected chi connectivity index (χ0v) is 15.9. The molecule has 1 atom stereocenters. The first-order chi connectivity index (χ1) is 14.1. The highest BCUT2D eigenvalue weighted by molar-refractivity contribution is 5.84. The van der Waals surface area contributed by atoms with E-state index < -0.39 is 6.10 Å². The number of amides is 1. The van der Waals surface area contributed by atoms with E-state index in [2.05, 4.69) is 10.5 Å². The van der Waals surface area contributed by atoms with Crippen molar-refractivity contribution in [3.05, 3.63) is 95.8 Å². The Morgan fingerprint density at radius 3 is 2.38 bits per heavy atom. The Kier molecular flexibility index (Phi) is 6.95. The van der Waals surface area contributed by atoms with E-state index in [0.29, 0.717) is 18.1 Å². The van der Waals surface area contributed by atoms with Crippen LogP contribution in [0.4, 0.5) is 4.39 Å². The summed E-state index contributed by atoms with van der Waals surface area (Å²) in [6.45, 7) is 2.01. The van der Waals surface area contributed by atoms with Crippen molar-refractivity contribution in [2.75, 3.05) is 0 Å². The number of nitrogens with zero attached hydrogens (tertiary/aromatic N) is 1. The maximum Gasteiger partial charge on any atom is 0.280 e. The summed E-state index contributed by atoms with van der Waals surface area (Å²) in [5.74, 6) is 0.686. The smallest absolute Gasteiger partial charge is 0.280 e. The van der Waals surface area contributed by atoms with Crippen LogP contribution in [0.5, 0.6) is 11.5 Å². The summed E-state index contributed by atoms with van der Waals surface area (Å²) >= 11 is 0. The van der Waals surface area contributed by atoms with E-state index in [1.54, 1.807) is 43.3 Å². The lowest BCUT2D eigenvalue weighted by Crippen LogP contribution is -2.33. The number of ether oxygens (including phenoxy) is 2. The Morgan fingerprint density at radius 2 is 1.69 bits per heavy atom. The fourth-order valence-electron chi connectivity index (χ4n) is 2.42. The van der Waals surface area contributed by atoms with Crippen molar-refractivity contribution >= 4 is 12.1 Å². The minimum Gasteiger partial charge on any atom is -0.489 e. The summed E-state index contributed by atoms with van der Waals surface area (Å²) < 4.78 is 24.1. The van der Waals surface area contributed by atoms with Gasteiger partial charge in [0.25, 0.3) is 5.91 Å². The van der Waals surface area contributed by atoms with Crippen molar-refractivity contribution in [3.8, 4) is 11.5 Å². The van der Waals surface area contributed by atoms with Crippen LogP contribution in [0.15, 0.2) is 84.0 Å². The molecule has 0 aliphatic heterocycles. The number of hydrogen-bond acceptors (Lipinski definition) is 4. The Balaban J connectivity index is 1.45. The highest BCUT2D eigenvalue weighted by atomic mass is 19.1. The van der Waals surface area contributed by atoms with Gasteiger partial charge in [0.15, 0.2) is 6.10 Å². The van der Waals surface area contributed by atoms with Gasteiger partial charge in [-0.3, -0.25) is 4.79 Å². The van der Waals surface area contributed by atoms with Gasteiger partial charge in [-0.05, 0) is 66.6 Å². The molecule has 0 saturated carbocycles. The van der Waals surface area contributed by atoms with Crippen LogP contribution >= 0.6 is 0 Å². The van der Waals surface area contributed by atoms with E-state index in [1.807, 2.05) is 30.3 Å². The molecule has 5 nitrogen and oxygen atoms in total. The Hall–Kier alpha value is -3.67. The summed E-state index contributed by atoms with van der Waals surface area (Å²) in [5.41, 5.74) is 4.14. The number of rotatable bonds is 8. The zero-order chi connectivity index (χ0) is 20.5. The fourth-order valence-corrected chi connectivity index (χ4v) is 2.42. The average Bonchev–Trinajstić information content (AvgIpc) is 2.75. The molecule has 3 aromatic carbocycles. The molecule has 3 rings (SSSR count). The first kappa shape index (κ1) is 20.1. The molecule has 0 unspecified atom stereocenters. The fraction of sp³-hybridized carbons (Fsp3) is 0.130. The molecule has 1 amide bonds. The largest absolute Gasteiger partial charge is 0.489 e. The van der Waals surface area contributed by atoms with Gasteiger partial charge in [0.2, 0.25) is 0 Å². The lowest BCUT2D eigenvalue weighted by Gasteiger charge is -2.12. The van der Waals surface area contributed by atoms with Crippen LogP contribution in [0, 0.1) is 5.82 Å². The predicted molar refractivity (Wildman–Crippen MR) is 109 cm³/mol. The quantitative estimate of drug-likeness (QED) is 0.459. The molecule has 0 heterocycles. The van der Waals surface area contributed by atoms with Crippen LogP contribution in [-0.4, -0.2) is 18.2 Å². The molecule has 29 heavy (non-hydrogen) atoms. The van der Waals surface area contributed by atoms with E-state index in [9.17, 15) is 9.18 Å². The number of nitrogens with one attached hydrogen (secondary N) is 1. The zero-order valence-electron chi connectivity index (χ0n) is 15.9. The van der Waals surface area contributed by atoms with E-state index in [4.69, 9.17) is 9.47 Å². The molecule has 0 aromatic heterocycles. The third kappa shape index (κ3) is 6.46. The van der Waals surface area contributed by atoms with Crippen molar-refractivity contribution < 1.29 is 18.7 Å². The van der Waals surface area contributed by atoms with E-state index in [0.717, 1.165) is 11.1 Å². The van der Waals surface area contributed by atoms with Crippen molar-refractivity contribution in [2.45, 2.75) is 19.6 Å². The minimum atomic E-state index is -0.670. The van der Waals surface area contributed by atoms with Gasteiger partial charge in [0, 0.05) is 0 Å². The highest BCUT2D eigenvalue weighted by Gasteiger charge is 2.13. The summed E-state index contributed by atoms with van der Waals surface area (Å²) in [6, 6.07) is 22.5. The van der Waals surface area contributed by atoms with Gasteiger partial charge >= 0.3 is 0 Å². The molecule has 148 valence electrons. The van der Waals surface area contributed by atoms with Crippen molar-refractivity contribution in [1.29, 1.82) is 0 Å². The van der Waals surface area contributed by atoms with Crippen LogP contribution in [0.3, 0.4) is 0 Å². The Bertz CT molecular complexity index is 942. The first-order valence-corrected chi connectivity index (χ1v) is 9.12. The second kappa shape index (κ2) is 10.0. The number of halogens is 1. The van der Waals surface area contributed by atoms with Gasteiger partial charge in [-0.25, -0.2) is 9.82 Å². The second-order valence-corrected chi connectivity index (χ2v) is 6.29. The van der Waals surface area contributed by atoms with Crippen molar-refractivity contribution in [3.63, 3.8) is 0 Å². The van der Waals surface area contributed by atoms with Crippen molar-refractivity contribution in [2.24, 2.45) is 5.10 Å². The standard InChI is InChI=1S/C23H21FN2O3/c1-17(29-22-5-3-2-4-6-22)23(27)26-25-15-18-9-13-21(14-10-18)28-16-19-7-11-20(24)12-8-19/h2-15,17H,16H2,1H3,(H,26,27)/b25-15-/t17-/m0/s1. The van der Waals surface area contributed by atoms with Crippen LogP contribution in [0.2, 0.25) is 0 Å². The molecule has 1 N–H and O–H groups in total. The van der Waals surface area contributed by atoms with Gasteiger partial charge in [-0.2, -0.15) is 5.10 Å². The summed E-state index contributed by atoms with van der Waals surface area (Å²) in [7, 11) is 0. The molecule has 0 radical (unpaired) electrons. The summed E-state index contributed by atoms with van der Waals surface area (Å²) in [6.07, 6.45) is 0.869. The van der Waals surface area contributed by atoms with Gasteiger partial charge in [0.05, 0.1) is 6.21 Å². The van der Waals surface area contributed by atoms with Crippen LogP contribution in [0.1, 0.15) is 18.1 Å². The highest BCUT2D eigenvalue weighted by Crippen LogP contribution is 2.14. The molecule has 0 bridgehead atoms. The molecular formula is C23H21FN2O3. The normalized spacial score (nSPS) is 11.8. The second-order valence-electron chi connectivity index (χ2n) is 6.29. The van der Waals surface area contributed by atoms with Crippen LogP contribution < -0.4 is 14.9 Å². The molecule has 0 aliphatic carbocycles. The monoisotopic (exact) mass is 392 g/mol. The molecule has 0 fully saturated rings. The first-order valence-electron chi connectivity index (χ1n) is 9.12. The lowest BCUT2D eigenvalue weighted by molar-refractivity contribution is -0.127. The third-order valence-corrected chi connectivity index (χ3v) is 4.01. The Labute approximate surface area is 168 Å². The lowest BCUT2D eigenvalue weighted by atomic mass is 10.2. The summed E-state index contributed by atoms with van der Waals surface area (Å²) in [4.78, 5) is 12.0.